The van der Waals surface area contributed by atoms with Crippen molar-refractivity contribution in [2.75, 3.05) is 0 Å². The van der Waals surface area contributed by atoms with Gasteiger partial charge in [0, 0.05) is 22.9 Å². The van der Waals surface area contributed by atoms with Crippen LogP contribution in [-0.2, 0) is 4.79 Å². The second-order valence-corrected chi connectivity index (χ2v) is 4.91. The number of hydrogen-bond donors (Lipinski definition) is 1. The highest BCUT2D eigenvalue weighted by Crippen LogP contribution is 2.31. The molecule has 1 N–H and O–H groups in total. The van der Waals surface area contributed by atoms with Crippen molar-refractivity contribution in [1.82, 2.24) is 10.3 Å². The molecule has 4 heteroatoms. The lowest BCUT2D eigenvalue weighted by molar-refractivity contribution is -0.112. The second-order valence-electron chi connectivity index (χ2n) is 3.69. The van der Waals surface area contributed by atoms with Crippen LogP contribution >= 0.6 is 11.8 Å². The van der Waals surface area contributed by atoms with Crippen molar-refractivity contribution in [3.05, 3.63) is 35.0 Å². The zero-order valence-corrected chi connectivity index (χ0v) is 10.2. The van der Waals surface area contributed by atoms with Crippen LogP contribution in [0.1, 0.15) is 25.8 Å². The van der Waals surface area contributed by atoms with E-state index in [0.717, 1.165) is 22.6 Å². The van der Waals surface area contributed by atoms with Gasteiger partial charge in [-0.25, -0.2) is 0 Å². The van der Waals surface area contributed by atoms with Gasteiger partial charge in [0.05, 0.1) is 11.7 Å². The first kappa shape index (κ1) is 11.2. The summed E-state index contributed by atoms with van der Waals surface area (Å²) in [5.41, 5.74) is 2.14. The van der Waals surface area contributed by atoms with E-state index in [4.69, 9.17) is 0 Å². The van der Waals surface area contributed by atoms with E-state index in [2.05, 4.69) is 10.3 Å². The molecule has 0 amide bonds. The van der Waals surface area contributed by atoms with Crippen LogP contribution in [0.3, 0.4) is 0 Å². The normalized spacial score (nSPS) is 20.9. The SMILES string of the molecule is CCC1NC(c2ccncc2)=C(C)SC1=O. The van der Waals surface area contributed by atoms with Gasteiger partial charge in [-0.15, -0.1) is 0 Å². The number of thioether (sulfide) groups is 1. The molecule has 0 fully saturated rings. The van der Waals surface area contributed by atoms with Gasteiger partial charge in [-0.1, -0.05) is 18.7 Å². The minimum absolute atomic E-state index is 0.0723. The molecule has 2 heterocycles. The summed E-state index contributed by atoms with van der Waals surface area (Å²) in [6, 6.07) is 3.83. The molecule has 84 valence electrons. The van der Waals surface area contributed by atoms with Crippen molar-refractivity contribution < 1.29 is 4.79 Å². The molecule has 1 atom stereocenters. The summed E-state index contributed by atoms with van der Waals surface area (Å²) in [5.74, 6) is 0. The molecule has 2 rings (SSSR count). The fourth-order valence-electron chi connectivity index (χ4n) is 1.68. The molecule has 0 bridgehead atoms. The molecule has 1 aromatic rings. The topological polar surface area (TPSA) is 42.0 Å². The third-order valence-electron chi connectivity index (χ3n) is 2.59. The first-order valence-corrected chi connectivity index (χ1v) is 6.13. The van der Waals surface area contributed by atoms with Crippen LogP contribution < -0.4 is 5.32 Å². The molecule has 16 heavy (non-hydrogen) atoms. The Morgan fingerprint density at radius 1 is 1.44 bits per heavy atom. The fraction of sp³-hybridized carbons (Fsp3) is 0.333. The number of nitrogens with zero attached hydrogens (tertiary/aromatic N) is 1. The molecule has 1 unspecified atom stereocenters. The lowest BCUT2D eigenvalue weighted by Gasteiger charge is -2.25. The highest BCUT2D eigenvalue weighted by Gasteiger charge is 2.25. The minimum Gasteiger partial charge on any atom is -0.373 e. The maximum absolute atomic E-state index is 11.7. The zero-order chi connectivity index (χ0) is 11.5. The van der Waals surface area contributed by atoms with E-state index in [1.807, 2.05) is 26.0 Å². The van der Waals surface area contributed by atoms with Crippen molar-refractivity contribution in [2.24, 2.45) is 0 Å². The lowest BCUT2D eigenvalue weighted by Crippen LogP contribution is -2.36. The Labute approximate surface area is 99.3 Å². The van der Waals surface area contributed by atoms with Crippen LogP contribution in [0.4, 0.5) is 0 Å². The summed E-state index contributed by atoms with van der Waals surface area (Å²) < 4.78 is 0. The number of carbonyl (C=O) groups excluding carboxylic acids is 1. The van der Waals surface area contributed by atoms with E-state index >= 15 is 0 Å². The lowest BCUT2D eigenvalue weighted by atomic mass is 10.1. The highest BCUT2D eigenvalue weighted by atomic mass is 32.2. The van der Waals surface area contributed by atoms with Crippen LogP contribution in [-0.4, -0.2) is 16.1 Å². The van der Waals surface area contributed by atoms with Crippen LogP contribution in [0.5, 0.6) is 0 Å². The Morgan fingerprint density at radius 3 is 2.75 bits per heavy atom. The summed E-state index contributed by atoms with van der Waals surface area (Å²) in [4.78, 5) is 16.7. The highest BCUT2D eigenvalue weighted by molar-refractivity contribution is 8.17. The van der Waals surface area contributed by atoms with Crippen molar-refractivity contribution in [2.45, 2.75) is 26.3 Å². The van der Waals surface area contributed by atoms with E-state index in [1.165, 1.54) is 11.8 Å². The van der Waals surface area contributed by atoms with Crippen LogP contribution in [0.25, 0.3) is 5.70 Å². The van der Waals surface area contributed by atoms with E-state index in [-0.39, 0.29) is 11.2 Å². The molecule has 1 aliphatic rings. The maximum atomic E-state index is 11.7. The summed E-state index contributed by atoms with van der Waals surface area (Å²) in [6.45, 7) is 3.98. The van der Waals surface area contributed by atoms with Gasteiger partial charge in [0.1, 0.15) is 0 Å². The Bertz CT molecular complexity index is 428. The fourth-order valence-corrected chi connectivity index (χ4v) is 2.63. The Kier molecular flexibility index (Phi) is 3.29. The minimum atomic E-state index is -0.0723. The summed E-state index contributed by atoms with van der Waals surface area (Å²) in [5, 5.41) is 3.51. The Balaban J connectivity index is 2.34. The van der Waals surface area contributed by atoms with Crippen molar-refractivity contribution >= 4 is 22.6 Å². The van der Waals surface area contributed by atoms with E-state index in [0.29, 0.717) is 0 Å². The van der Waals surface area contributed by atoms with Gasteiger partial charge in [-0.3, -0.25) is 9.78 Å². The van der Waals surface area contributed by atoms with E-state index in [9.17, 15) is 4.79 Å². The van der Waals surface area contributed by atoms with E-state index < -0.39 is 0 Å². The molecule has 0 saturated carbocycles. The van der Waals surface area contributed by atoms with Crippen molar-refractivity contribution in [3.8, 4) is 0 Å². The predicted molar refractivity (Wildman–Crippen MR) is 66.6 cm³/mol. The number of nitrogens with one attached hydrogen (secondary N) is 1. The van der Waals surface area contributed by atoms with Gasteiger partial charge in [0.25, 0.3) is 0 Å². The van der Waals surface area contributed by atoms with Crippen molar-refractivity contribution in [1.29, 1.82) is 0 Å². The summed E-state index contributed by atoms with van der Waals surface area (Å²) in [7, 11) is 0. The van der Waals surface area contributed by atoms with Crippen LogP contribution in [0.15, 0.2) is 29.4 Å². The number of rotatable bonds is 2. The first-order valence-electron chi connectivity index (χ1n) is 5.32. The molecule has 1 aromatic heterocycles. The van der Waals surface area contributed by atoms with Gasteiger partial charge in [0.2, 0.25) is 5.12 Å². The average molecular weight is 234 g/mol. The van der Waals surface area contributed by atoms with Gasteiger partial charge in [-0.2, -0.15) is 0 Å². The molecular weight excluding hydrogens is 220 g/mol. The molecule has 0 spiro atoms. The molecule has 3 nitrogen and oxygen atoms in total. The maximum Gasteiger partial charge on any atom is 0.215 e. The smallest absolute Gasteiger partial charge is 0.215 e. The van der Waals surface area contributed by atoms with Gasteiger partial charge in [0.15, 0.2) is 0 Å². The molecule has 0 aromatic carbocycles. The van der Waals surface area contributed by atoms with E-state index in [1.54, 1.807) is 12.4 Å². The van der Waals surface area contributed by atoms with Gasteiger partial charge in [-0.05, 0) is 25.5 Å². The van der Waals surface area contributed by atoms with Crippen LogP contribution in [0, 0.1) is 0 Å². The Morgan fingerprint density at radius 2 is 2.12 bits per heavy atom. The molecular formula is C12H14N2OS. The quantitative estimate of drug-likeness (QED) is 0.853. The standard InChI is InChI=1S/C12H14N2OS/c1-3-10-12(15)16-8(2)11(14-10)9-4-6-13-7-5-9/h4-7,10,14H,3H2,1-2H3. The number of carbonyl (C=O) groups is 1. The van der Waals surface area contributed by atoms with Gasteiger partial charge < -0.3 is 5.32 Å². The van der Waals surface area contributed by atoms with Gasteiger partial charge >= 0.3 is 0 Å². The number of allylic oxidation sites excluding steroid dienone is 1. The average Bonchev–Trinajstić information content (AvgIpc) is 2.30. The summed E-state index contributed by atoms with van der Waals surface area (Å²) >= 11 is 1.33. The predicted octanol–water partition coefficient (Wildman–Crippen LogP) is 2.41. The largest absolute Gasteiger partial charge is 0.373 e. The molecule has 0 saturated heterocycles. The Hall–Kier alpha value is -1.29. The van der Waals surface area contributed by atoms with Crippen LogP contribution in [0.2, 0.25) is 0 Å². The zero-order valence-electron chi connectivity index (χ0n) is 9.36. The number of aromatic nitrogens is 1. The third-order valence-corrected chi connectivity index (χ3v) is 3.58. The second kappa shape index (κ2) is 4.70. The third kappa shape index (κ3) is 2.11. The first-order chi connectivity index (χ1) is 7.72. The van der Waals surface area contributed by atoms with Crippen molar-refractivity contribution in [3.63, 3.8) is 0 Å². The molecule has 0 radical (unpaired) electrons. The summed E-state index contributed by atoms with van der Waals surface area (Å²) in [6.07, 6.45) is 4.34. The molecule has 0 aliphatic carbocycles. The number of pyridine rings is 1. The monoisotopic (exact) mass is 234 g/mol. The number of hydrogen-bond acceptors (Lipinski definition) is 4. The molecule has 1 aliphatic heterocycles.